The number of rotatable bonds is 2. The fraction of sp³-hybridized carbons (Fsp3) is 0. The number of aromatic amines is 2. The van der Waals surface area contributed by atoms with Gasteiger partial charge in [-0.3, -0.25) is 4.98 Å². The van der Waals surface area contributed by atoms with E-state index in [4.69, 9.17) is 11.6 Å². The van der Waals surface area contributed by atoms with Crippen LogP contribution in [0.2, 0.25) is 5.02 Å². The van der Waals surface area contributed by atoms with Crippen LogP contribution >= 0.6 is 11.6 Å². The molecule has 2 N–H and O–H groups in total. The Morgan fingerprint density at radius 2 is 1.75 bits per heavy atom. The van der Waals surface area contributed by atoms with Gasteiger partial charge in [-0.2, -0.15) is 0 Å². The number of hydrogen-bond acceptors (Lipinski definition) is 2. The zero-order valence-electron chi connectivity index (χ0n) is 12.3. The van der Waals surface area contributed by atoms with E-state index in [1.54, 1.807) is 18.2 Å². The molecule has 118 valence electrons. The lowest BCUT2D eigenvalue weighted by atomic mass is 10.0. The number of hydrogen-bond donors (Lipinski definition) is 2. The normalized spacial score (nSPS) is 11.1. The zero-order valence-corrected chi connectivity index (χ0v) is 13.1. The van der Waals surface area contributed by atoms with E-state index in [0.717, 1.165) is 5.56 Å². The molecule has 0 aliphatic heterocycles. The second-order valence-corrected chi connectivity index (χ2v) is 5.76. The Balaban J connectivity index is 1.84. The highest BCUT2D eigenvalue weighted by Gasteiger charge is 2.13. The maximum Gasteiger partial charge on any atom is 0.325 e. The molecule has 0 saturated carbocycles. The summed E-state index contributed by atoms with van der Waals surface area (Å²) in [7, 11) is 0. The minimum absolute atomic E-state index is 0.338. The third-order valence-corrected chi connectivity index (χ3v) is 4.07. The van der Waals surface area contributed by atoms with E-state index in [1.165, 1.54) is 6.07 Å². The number of nitrogens with one attached hydrogen (secondary N) is 2. The molecule has 0 aliphatic carbocycles. The van der Waals surface area contributed by atoms with Crippen LogP contribution in [-0.4, -0.2) is 15.0 Å². The quantitative estimate of drug-likeness (QED) is 0.569. The van der Waals surface area contributed by atoms with Crippen molar-refractivity contribution in [1.82, 2.24) is 15.0 Å². The van der Waals surface area contributed by atoms with Crippen molar-refractivity contribution in [2.45, 2.75) is 0 Å². The van der Waals surface area contributed by atoms with Crippen LogP contribution in [0, 0.1) is 5.82 Å². The van der Waals surface area contributed by atoms with Crippen molar-refractivity contribution >= 4 is 22.8 Å². The summed E-state index contributed by atoms with van der Waals surface area (Å²) in [5.74, 6) is -0.362. The van der Waals surface area contributed by atoms with Crippen molar-refractivity contribution < 1.29 is 4.39 Å². The zero-order chi connectivity index (χ0) is 16.7. The number of benzene rings is 2. The van der Waals surface area contributed by atoms with Crippen molar-refractivity contribution in [2.24, 2.45) is 0 Å². The minimum atomic E-state index is -0.365. The van der Waals surface area contributed by atoms with E-state index >= 15 is 0 Å². The van der Waals surface area contributed by atoms with Gasteiger partial charge in [0.1, 0.15) is 5.82 Å². The molecule has 0 radical (unpaired) electrons. The Morgan fingerprint density at radius 3 is 2.50 bits per heavy atom. The third kappa shape index (κ3) is 2.49. The van der Waals surface area contributed by atoms with Crippen molar-refractivity contribution in [2.75, 3.05) is 0 Å². The lowest BCUT2D eigenvalue weighted by Crippen LogP contribution is -1.99. The summed E-state index contributed by atoms with van der Waals surface area (Å²) in [6.45, 7) is 0. The predicted molar refractivity (Wildman–Crippen MR) is 92.6 cm³/mol. The Morgan fingerprint density at radius 1 is 0.958 bits per heavy atom. The van der Waals surface area contributed by atoms with Gasteiger partial charge in [-0.15, -0.1) is 0 Å². The van der Waals surface area contributed by atoms with E-state index in [0.29, 0.717) is 33.0 Å². The first kappa shape index (κ1) is 14.7. The highest BCUT2D eigenvalue weighted by atomic mass is 35.5. The molecule has 0 aliphatic rings. The van der Waals surface area contributed by atoms with Crippen molar-refractivity contribution in [3.05, 3.63) is 75.9 Å². The summed E-state index contributed by atoms with van der Waals surface area (Å²) >= 11 is 6.24. The van der Waals surface area contributed by atoms with Gasteiger partial charge >= 0.3 is 5.69 Å². The van der Waals surface area contributed by atoms with E-state index in [-0.39, 0.29) is 11.5 Å². The number of H-pyrrole nitrogens is 2. The Labute approximate surface area is 141 Å². The second kappa shape index (κ2) is 5.62. The molecule has 0 bridgehead atoms. The molecule has 0 amide bonds. The van der Waals surface area contributed by atoms with E-state index in [9.17, 15) is 9.18 Å². The van der Waals surface area contributed by atoms with Gasteiger partial charge in [-0.05, 0) is 17.7 Å². The van der Waals surface area contributed by atoms with Gasteiger partial charge in [-0.1, -0.05) is 54.1 Å². The van der Waals surface area contributed by atoms with Crippen molar-refractivity contribution in [1.29, 1.82) is 0 Å². The SMILES string of the molecule is O=c1[nH]c2cc(Cl)c(-c3ccc(-c4ccccc4)c(F)c3)nc2[nH]1. The van der Waals surface area contributed by atoms with Crippen LogP contribution in [0.5, 0.6) is 0 Å². The molecule has 4 rings (SSSR count). The standard InChI is InChI=1S/C18H11ClFN3O/c19-13-9-15-17(23-18(24)21-15)22-16(13)11-6-7-12(14(20)8-11)10-4-2-1-3-5-10/h1-9H,(H2,21,22,23,24). The van der Waals surface area contributed by atoms with Crippen LogP contribution in [0.3, 0.4) is 0 Å². The summed E-state index contributed by atoms with van der Waals surface area (Å²) in [5, 5.41) is 0.338. The Hall–Kier alpha value is -2.92. The van der Waals surface area contributed by atoms with Gasteiger partial charge in [0.25, 0.3) is 0 Å². The summed E-state index contributed by atoms with van der Waals surface area (Å²) in [4.78, 5) is 20.8. The van der Waals surface area contributed by atoms with Gasteiger partial charge in [0.05, 0.1) is 16.2 Å². The first-order valence-electron chi connectivity index (χ1n) is 7.26. The molecule has 0 spiro atoms. The van der Waals surface area contributed by atoms with Crippen LogP contribution in [0.1, 0.15) is 0 Å². The van der Waals surface area contributed by atoms with Gasteiger partial charge in [0, 0.05) is 11.1 Å². The highest BCUT2D eigenvalue weighted by molar-refractivity contribution is 6.33. The lowest BCUT2D eigenvalue weighted by molar-refractivity contribution is 0.632. The molecule has 4 aromatic rings. The van der Waals surface area contributed by atoms with Gasteiger partial charge in [0.15, 0.2) is 5.65 Å². The van der Waals surface area contributed by atoms with Crippen molar-refractivity contribution in [3.63, 3.8) is 0 Å². The first-order valence-corrected chi connectivity index (χ1v) is 7.63. The largest absolute Gasteiger partial charge is 0.325 e. The Kier molecular flexibility index (Phi) is 3.43. The molecular weight excluding hydrogens is 329 g/mol. The van der Waals surface area contributed by atoms with E-state index in [1.807, 2.05) is 30.3 Å². The third-order valence-electron chi connectivity index (χ3n) is 3.78. The number of nitrogens with zero attached hydrogens (tertiary/aromatic N) is 1. The maximum atomic E-state index is 14.5. The van der Waals surface area contributed by atoms with E-state index < -0.39 is 0 Å². The minimum Gasteiger partial charge on any atom is -0.304 e. The average molecular weight is 340 g/mol. The fourth-order valence-electron chi connectivity index (χ4n) is 2.66. The summed E-state index contributed by atoms with van der Waals surface area (Å²) < 4.78 is 14.5. The first-order chi connectivity index (χ1) is 11.6. The number of halogens is 2. The van der Waals surface area contributed by atoms with Crippen LogP contribution in [-0.2, 0) is 0 Å². The number of imidazole rings is 1. The maximum absolute atomic E-state index is 14.5. The summed E-state index contributed by atoms with van der Waals surface area (Å²) in [6, 6.07) is 15.7. The number of fused-ring (bicyclic) bond motifs is 1. The smallest absolute Gasteiger partial charge is 0.304 e. The molecule has 2 aromatic heterocycles. The summed E-state index contributed by atoms with van der Waals surface area (Å²) in [5.41, 5.74) is 2.79. The van der Waals surface area contributed by atoms with Crippen molar-refractivity contribution in [3.8, 4) is 22.4 Å². The molecule has 2 heterocycles. The second-order valence-electron chi connectivity index (χ2n) is 5.35. The van der Waals surface area contributed by atoms with Gasteiger partial charge < -0.3 is 4.98 Å². The molecule has 4 nitrogen and oxygen atoms in total. The topological polar surface area (TPSA) is 61.5 Å². The van der Waals surface area contributed by atoms with Gasteiger partial charge in [0.2, 0.25) is 0 Å². The lowest BCUT2D eigenvalue weighted by Gasteiger charge is -2.08. The Bertz CT molecular complexity index is 1100. The van der Waals surface area contributed by atoms with Crippen LogP contribution in [0.15, 0.2) is 59.4 Å². The number of pyridine rings is 1. The summed E-state index contributed by atoms with van der Waals surface area (Å²) in [6.07, 6.45) is 0. The van der Waals surface area contributed by atoms with E-state index in [2.05, 4.69) is 15.0 Å². The molecule has 2 aromatic carbocycles. The molecule has 0 fully saturated rings. The fourth-order valence-corrected chi connectivity index (χ4v) is 2.92. The predicted octanol–water partition coefficient (Wildman–Crippen LogP) is 4.38. The van der Waals surface area contributed by atoms with Crippen LogP contribution < -0.4 is 5.69 Å². The number of aromatic nitrogens is 3. The van der Waals surface area contributed by atoms with Gasteiger partial charge in [-0.25, -0.2) is 14.2 Å². The molecule has 0 unspecified atom stereocenters. The highest BCUT2D eigenvalue weighted by Crippen LogP contribution is 2.31. The van der Waals surface area contributed by atoms with Crippen LogP contribution in [0.4, 0.5) is 4.39 Å². The van der Waals surface area contributed by atoms with Crippen LogP contribution in [0.25, 0.3) is 33.5 Å². The molecular formula is C18H11ClFN3O. The molecule has 0 atom stereocenters. The molecule has 24 heavy (non-hydrogen) atoms. The molecule has 6 heteroatoms. The average Bonchev–Trinajstić information content (AvgIpc) is 2.93. The monoisotopic (exact) mass is 339 g/mol. The molecule has 0 saturated heterocycles.